The average molecular weight is 396 g/mol. The number of carboxylic acid groups (broad SMARTS) is 1. The number of ether oxygens (including phenoxy) is 1. The van der Waals surface area contributed by atoms with Crippen LogP contribution in [0.4, 0.5) is 0 Å². The molecule has 0 heterocycles. The third kappa shape index (κ3) is 3.70. The zero-order chi connectivity index (χ0) is 20.1. The topological polar surface area (TPSA) is 75.6 Å². The number of halogens is 1. The highest BCUT2D eigenvalue weighted by atomic mass is 35.5. The molecule has 0 aliphatic heterocycles. The number of benzene rings is 3. The number of carbonyl (C=O) groups is 2. The number of amides is 1. The second-order valence-corrected chi connectivity index (χ2v) is 6.55. The smallest absolute Gasteiger partial charge is 0.338 e. The van der Waals surface area contributed by atoms with Crippen LogP contribution in [0.25, 0.3) is 0 Å². The summed E-state index contributed by atoms with van der Waals surface area (Å²) in [5.41, 5.74) is -0.689. The second kappa shape index (κ2) is 8.15. The van der Waals surface area contributed by atoms with Gasteiger partial charge in [-0.15, -0.1) is 0 Å². The maximum absolute atomic E-state index is 12.9. The number of methoxy groups -OCH3 is 1. The van der Waals surface area contributed by atoms with Gasteiger partial charge in [0, 0.05) is 10.6 Å². The summed E-state index contributed by atoms with van der Waals surface area (Å²) in [6.45, 7) is 0. The van der Waals surface area contributed by atoms with E-state index < -0.39 is 17.4 Å². The Labute approximate surface area is 167 Å². The number of carboxylic acids is 1. The van der Waals surface area contributed by atoms with Gasteiger partial charge in [-0.25, -0.2) is 4.79 Å². The molecule has 0 saturated carbocycles. The Kier molecular flexibility index (Phi) is 5.66. The molecule has 0 bridgehead atoms. The number of hydrogen-bond acceptors (Lipinski definition) is 3. The predicted molar refractivity (Wildman–Crippen MR) is 107 cm³/mol. The van der Waals surface area contributed by atoms with E-state index in [2.05, 4.69) is 5.32 Å². The van der Waals surface area contributed by atoms with E-state index in [1.54, 1.807) is 78.9 Å². The van der Waals surface area contributed by atoms with E-state index in [0.717, 1.165) is 0 Å². The number of hydrogen-bond donors (Lipinski definition) is 2. The van der Waals surface area contributed by atoms with Crippen molar-refractivity contribution >= 4 is 23.5 Å². The van der Waals surface area contributed by atoms with Gasteiger partial charge in [-0.2, -0.15) is 0 Å². The van der Waals surface area contributed by atoms with Crippen LogP contribution in [-0.2, 0) is 10.3 Å². The van der Waals surface area contributed by atoms with Crippen molar-refractivity contribution in [3.05, 3.63) is 101 Å². The molecule has 1 unspecified atom stereocenters. The van der Waals surface area contributed by atoms with E-state index in [-0.39, 0.29) is 0 Å². The quantitative estimate of drug-likeness (QED) is 0.658. The first-order valence-electron chi connectivity index (χ1n) is 8.49. The standard InChI is InChI=1S/C22H18ClNO4/c1-28-19-13-9-17(10-14-19)22(21(26)27,16-7-11-18(23)12-8-16)24-20(25)15-5-3-2-4-6-15/h2-14H,1H3,(H,24,25)(H,26,27). The van der Waals surface area contributed by atoms with E-state index >= 15 is 0 Å². The molecule has 0 aliphatic rings. The monoisotopic (exact) mass is 395 g/mol. The van der Waals surface area contributed by atoms with Crippen LogP contribution in [0.1, 0.15) is 21.5 Å². The molecule has 142 valence electrons. The van der Waals surface area contributed by atoms with Crippen LogP contribution in [0.3, 0.4) is 0 Å². The van der Waals surface area contributed by atoms with Gasteiger partial charge < -0.3 is 15.2 Å². The van der Waals surface area contributed by atoms with Crippen LogP contribution >= 0.6 is 11.6 Å². The molecule has 0 fully saturated rings. The third-order valence-electron chi connectivity index (χ3n) is 4.46. The van der Waals surface area contributed by atoms with Crippen molar-refractivity contribution in [2.45, 2.75) is 5.54 Å². The first-order valence-corrected chi connectivity index (χ1v) is 8.86. The number of aliphatic carboxylic acids is 1. The molecule has 6 heteroatoms. The van der Waals surface area contributed by atoms with Crippen LogP contribution in [0.2, 0.25) is 5.02 Å². The molecule has 0 saturated heterocycles. The average Bonchev–Trinajstić information content (AvgIpc) is 2.73. The Morgan fingerprint density at radius 3 is 1.93 bits per heavy atom. The zero-order valence-corrected chi connectivity index (χ0v) is 15.8. The summed E-state index contributed by atoms with van der Waals surface area (Å²) in [7, 11) is 1.52. The van der Waals surface area contributed by atoms with Crippen molar-refractivity contribution in [3.8, 4) is 5.75 Å². The lowest BCUT2D eigenvalue weighted by atomic mass is 9.82. The molecule has 28 heavy (non-hydrogen) atoms. The minimum atomic E-state index is -1.80. The molecule has 0 spiro atoms. The lowest BCUT2D eigenvalue weighted by Gasteiger charge is -2.32. The van der Waals surface area contributed by atoms with Crippen molar-refractivity contribution in [2.24, 2.45) is 0 Å². The number of carbonyl (C=O) groups excluding carboxylic acids is 1. The summed E-state index contributed by atoms with van der Waals surface area (Å²) in [6, 6.07) is 21.4. The van der Waals surface area contributed by atoms with Gasteiger partial charge in [0.05, 0.1) is 7.11 Å². The summed E-state index contributed by atoms with van der Waals surface area (Å²) in [5.74, 6) is -1.15. The molecule has 2 N–H and O–H groups in total. The van der Waals surface area contributed by atoms with Crippen molar-refractivity contribution in [2.75, 3.05) is 7.11 Å². The van der Waals surface area contributed by atoms with E-state index in [1.807, 2.05) is 0 Å². The Balaban J connectivity index is 2.16. The summed E-state index contributed by atoms with van der Waals surface area (Å²) in [5, 5.41) is 13.4. The first-order chi connectivity index (χ1) is 13.5. The van der Waals surface area contributed by atoms with Crippen LogP contribution in [0.5, 0.6) is 5.75 Å². The second-order valence-electron chi connectivity index (χ2n) is 6.11. The maximum Gasteiger partial charge on any atom is 0.338 e. The van der Waals surface area contributed by atoms with Gasteiger partial charge in [-0.3, -0.25) is 4.79 Å². The summed E-state index contributed by atoms with van der Waals surface area (Å²) in [6.07, 6.45) is 0. The molecule has 3 rings (SSSR count). The SMILES string of the molecule is COc1ccc(C(NC(=O)c2ccccc2)(C(=O)O)c2ccc(Cl)cc2)cc1. The Morgan fingerprint density at radius 2 is 1.43 bits per heavy atom. The molecular weight excluding hydrogens is 378 g/mol. The van der Waals surface area contributed by atoms with Crippen molar-refractivity contribution in [1.29, 1.82) is 0 Å². The zero-order valence-electron chi connectivity index (χ0n) is 15.1. The van der Waals surface area contributed by atoms with Crippen molar-refractivity contribution in [3.63, 3.8) is 0 Å². The largest absolute Gasteiger partial charge is 0.497 e. The molecule has 1 atom stereocenters. The van der Waals surface area contributed by atoms with Gasteiger partial charge >= 0.3 is 5.97 Å². The van der Waals surface area contributed by atoms with E-state index in [4.69, 9.17) is 16.3 Å². The van der Waals surface area contributed by atoms with Gasteiger partial charge in [0.25, 0.3) is 5.91 Å². The Hall–Kier alpha value is -3.31. The van der Waals surface area contributed by atoms with Gasteiger partial charge in [0.1, 0.15) is 5.75 Å². The van der Waals surface area contributed by atoms with Crippen LogP contribution in [0, 0.1) is 0 Å². The Morgan fingerprint density at radius 1 is 0.893 bits per heavy atom. The maximum atomic E-state index is 12.9. The highest BCUT2D eigenvalue weighted by molar-refractivity contribution is 6.30. The predicted octanol–water partition coefficient (Wildman–Crippen LogP) is 4.11. The van der Waals surface area contributed by atoms with E-state index in [9.17, 15) is 14.7 Å². The molecule has 5 nitrogen and oxygen atoms in total. The third-order valence-corrected chi connectivity index (χ3v) is 4.71. The minimum Gasteiger partial charge on any atom is -0.497 e. The summed E-state index contributed by atoms with van der Waals surface area (Å²) >= 11 is 5.98. The van der Waals surface area contributed by atoms with Gasteiger partial charge in [-0.05, 0) is 47.5 Å². The fourth-order valence-corrected chi connectivity index (χ4v) is 3.11. The van der Waals surface area contributed by atoms with Crippen molar-refractivity contribution in [1.82, 2.24) is 5.32 Å². The molecule has 0 aliphatic carbocycles. The molecule has 0 radical (unpaired) electrons. The Bertz CT molecular complexity index is 972. The van der Waals surface area contributed by atoms with Gasteiger partial charge in [0.15, 0.2) is 5.54 Å². The van der Waals surface area contributed by atoms with Crippen LogP contribution in [0.15, 0.2) is 78.9 Å². The fraction of sp³-hybridized carbons (Fsp3) is 0.0909. The number of rotatable bonds is 6. The highest BCUT2D eigenvalue weighted by Gasteiger charge is 2.44. The highest BCUT2D eigenvalue weighted by Crippen LogP contribution is 2.33. The van der Waals surface area contributed by atoms with Gasteiger partial charge in [0.2, 0.25) is 0 Å². The van der Waals surface area contributed by atoms with Crippen LogP contribution < -0.4 is 10.1 Å². The molecule has 3 aromatic rings. The minimum absolute atomic E-state index is 0.357. The number of nitrogens with one attached hydrogen (secondary N) is 1. The normalized spacial score (nSPS) is 12.6. The van der Waals surface area contributed by atoms with E-state index in [1.165, 1.54) is 7.11 Å². The van der Waals surface area contributed by atoms with Crippen LogP contribution in [-0.4, -0.2) is 24.1 Å². The first kappa shape index (κ1) is 19.5. The molecular formula is C22H18ClNO4. The molecule has 0 aromatic heterocycles. The summed E-state index contributed by atoms with van der Waals surface area (Å²) < 4.78 is 5.16. The van der Waals surface area contributed by atoms with Gasteiger partial charge in [-0.1, -0.05) is 54.1 Å². The lowest BCUT2D eigenvalue weighted by Crippen LogP contribution is -2.52. The molecule has 3 aromatic carbocycles. The van der Waals surface area contributed by atoms with E-state index in [0.29, 0.717) is 27.5 Å². The summed E-state index contributed by atoms with van der Waals surface area (Å²) in [4.78, 5) is 25.4. The molecule has 1 amide bonds. The van der Waals surface area contributed by atoms with Crippen molar-refractivity contribution < 1.29 is 19.4 Å². The lowest BCUT2D eigenvalue weighted by molar-refractivity contribution is -0.143. The fourth-order valence-electron chi connectivity index (χ4n) is 2.98.